The topological polar surface area (TPSA) is 35.0 Å². The molecule has 0 aromatic rings. The van der Waals surface area contributed by atoms with E-state index in [1.807, 2.05) is 0 Å². The lowest BCUT2D eigenvalue weighted by atomic mass is 10.1. The Bertz CT molecular complexity index is 214. The highest BCUT2D eigenvalue weighted by atomic mass is 79.9. The molecule has 2 nitrogen and oxygen atoms in total. The van der Waals surface area contributed by atoms with Crippen molar-refractivity contribution in [3.8, 4) is 0 Å². The number of hydrogen-bond acceptors (Lipinski definition) is 1. The first kappa shape index (κ1) is 34.4. The molecule has 0 heterocycles. The summed E-state index contributed by atoms with van der Waals surface area (Å²) in [6, 6.07) is 0. The van der Waals surface area contributed by atoms with Crippen LogP contribution < -0.4 is 23.1 Å². The van der Waals surface area contributed by atoms with Crippen LogP contribution in [0.15, 0.2) is 0 Å². The maximum atomic E-state index is 2.43. The lowest BCUT2D eigenvalue weighted by molar-refractivity contribution is -0.890. The highest BCUT2D eigenvalue weighted by Crippen LogP contribution is 2.13. The van der Waals surface area contributed by atoms with Crippen LogP contribution in [0.4, 0.5) is 0 Å². The fourth-order valence-electron chi connectivity index (χ4n) is 3.46. The summed E-state index contributed by atoms with van der Waals surface area (Å²) in [5.41, 5.74) is 0. The number of nitrogens with zero attached hydrogens (tertiary/aromatic N) is 1. The van der Waals surface area contributed by atoms with Gasteiger partial charge in [-0.1, -0.05) is 90.9 Å². The van der Waals surface area contributed by atoms with Crippen molar-refractivity contribution in [1.29, 1.82) is 0 Å². The average molecular weight is 504 g/mol. The SMILES string of the molecule is Br.CCCCCCCCCC[N+](C)(C)CCCCCCCCCC.N.[Br-]. The van der Waals surface area contributed by atoms with Gasteiger partial charge in [-0.2, -0.15) is 0 Å². The van der Waals surface area contributed by atoms with Crippen molar-refractivity contribution in [3.63, 3.8) is 0 Å². The molecule has 0 fully saturated rings. The Balaban J connectivity index is -0.000000807. The molecule has 0 aromatic heterocycles. The molecule has 0 spiro atoms. The average Bonchev–Trinajstić information content (AvgIpc) is 2.52. The number of hydrogen-bond donors (Lipinski definition) is 1. The van der Waals surface area contributed by atoms with Gasteiger partial charge in [-0.15, -0.1) is 17.0 Å². The highest BCUT2D eigenvalue weighted by molar-refractivity contribution is 8.93. The quantitative estimate of drug-likeness (QED) is 0.205. The molecule has 4 heteroatoms. The van der Waals surface area contributed by atoms with Gasteiger partial charge in [0.25, 0.3) is 0 Å². The van der Waals surface area contributed by atoms with Crippen molar-refractivity contribution in [2.45, 2.75) is 117 Å². The van der Waals surface area contributed by atoms with E-state index in [0.29, 0.717) is 0 Å². The Morgan fingerprint density at radius 3 is 0.962 bits per heavy atom. The third kappa shape index (κ3) is 27.1. The van der Waals surface area contributed by atoms with Gasteiger partial charge in [0.15, 0.2) is 0 Å². The van der Waals surface area contributed by atoms with E-state index in [0.717, 1.165) is 0 Å². The second-order valence-corrected chi connectivity index (χ2v) is 8.33. The van der Waals surface area contributed by atoms with Gasteiger partial charge in [0.1, 0.15) is 0 Å². The highest BCUT2D eigenvalue weighted by Gasteiger charge is 2.13. The van der Waals surface area contributed by atoms with Crippen LogP contribution in [0.25, 0.3) is 0 Å². The molecule has 3 N–H and O–H groups in total. The molecule has 0 bridgehead atoms. The van der Waals surface area contributed by atoms with E-state index in [9.17, 15) is 0 Å². The number of quaternary nitrogens is 1. The van der Waals surface area contributed by atoms with Crippen LogP contribution in [0.1, 0.15) is 117 Å². The zero-order valence-electron chi connectivity index (χ0n) is 18.7. The summed E-state index contributed by atoms with van der Waals surface area (Å²) in [7, 11) is 4.87. The molecule has 0 saturated heterocycles. The van der Waals surface area contributed by atoms with Gasteiger partial charge in [0.05, 0.1) is 27.2 Å². The number of rotatable bonds is 18. The molecule has 0 atom stereocenters. The number of unbranched alkanes of at least 4 members (excludes halogenated alkanes) is 14. The van der Waals surface area contributed by atoms with Gasteiger partial charge < -0.3 is 27.6 Å². The first-order valence-corrected chi connectivity index (χ1v) is 10.9. The van der Waals surface area contributed by atoms with Crippen LogP contribution in [0.2, 0.25) is 0 Å². The smallest absolute Gasteiger partial charge is 0.0782 e. The Kier molecular flexibility index (Phi) is 34.2. The molecule has 26 heavy (non-hydrogen) atoms. The summed E-state index contributed by atoms with van der Waals surface area (Å²) in [6.07, 6.45) is 23.0. The molecule has 0 saturated carbocycles. The Labute approximate surface area is 188 Å². The maximum absolute atomic E-state index is 2.43. The molecular weight excluding hydrogens is 452 g/mol. The Hall–Kier alpha value is 0.880. The minimum atomic E-state index is 0. The summed E-state index contributed by atoms with van der Waals surface area (Å²) in [4.78, 5) is 0. The van der Waals surface area contributed by atoms with Crippen molar-refractivity contribution in [1.82, 2.24) is 6.15 Å². The van der Waals surface area contributed by atoms with Gasteiger partial charge in [0.2, 0.25) is 0 Å². The summed E-state index contributed by atoms with van der Waals surface area (Å²) in [5, 5.41) is 0. The summed E-state index contributed by atoms with van der Waals surface area (Å²) < 4.78 is 1.24. The normalized spacial score (nSPS) is 10.6. The number of halogens is 2. The monoisotopic (exact) mass is 502 g/mol. The van der Waals surface area contributed by atoms with Crippen LogP contribution in [-0.2, 0) is 0 Å². The third-order valence-corrected chi connectivity index (χ3v) is 5.23. The Morgan fingerprint density at radius 1 is 0.462 bits per heavy atom. The second-order valence-electron chi connectivity index (χ2n) is 8.33. The molecule has 0 aromatic carbocycles. The van der Waals surface area contributed by atoms with E-state index in [4.69, 9.17) is 0 Å². The predicted octanol–water partition coefficient (Wildman–Crippen LogP) is 5.09. The summed E-state index contributed by atoms with van der Waals surface area (Å²) in [6.45, 7) is 7.36. The largest absolute Gasteiger partial charge is 1.00 e. The van der Waals surface area contributed by atoms with E-state index in [2.05, 4.69) is 27.9 Å². The van der Waals surface area contributed by atoms with Gasteiger partial charge in [-0.05, 0) is 25.7 Å². The van der Waals surface area contributed by atoms with Crippen LogP contribution >= 0.6 is 17.0 Å². The predicted molar refractivity (Wildman–Crippen MR) is 122 cm³/mol. The van der Waals surface area contributed by atoms with Crippen molar-refractivity contribution in [2.75, 3.05) is 27.2 Å². The van der Waals surface area contributed by atoms with E-state index in [-0.39, 0.29) is 40.1 Å². The fraction of sp³-hybridized carbons (Fsp3) is 1.00. The molecule has 0 aliphatic heterocycles. The lowest BCUT2D eigenvalue weighted by Gasteiger charge is -2.30. The van der Waals surface area contributed by atoms with E-state index < -0.39 is 0 Å². The molecule has 0 radical (unpaired) electrons. The van der Waals surface area contributed by atoms with Crippen molar-refractivity contribution in [3.05, 3.63) is 0 Å². The molecular formula is C22H52Br2N2. The maximum Gasteiger partial charge on any atom is 0.0782 e. The van der Waals surface area contributed by atoms with Crippen LogP contribution in [0, 0.1) is 0 Å². The first-order chi connectivity index (χ1) is 11.1. The Morgan fingerprint density at radius 2 is 0.692 bits per heavy atom. The van der Waals surface area contributed by atoms with Gasteiger partial charge in [-0.3, -0.25) is 0 Å². The zero-order chi connectivity index (χ0) is 17.2. The molecule has 0 unspecified atom stereocenters. The zero-order valence-corrected chi connectivity index (χ0v) is 22.0. The molecule has 0 aliphatic carbocycles. The third-order valence-electron chi connectivity index (χ3n) is 5.23. The second kappa shape index (κ2) is 25.9. The van der Waals surface area contributed by atoms with E-state index >= 15 is 0 Å². The van der Waals surface area contributed by atoms with E-state index in [1.54, 1.807) is 0 Å². The minimum Gasteiger partial charge on any atom is -1.00 e. The summed E-state index contributed by atoms with van der Waals surface area (Å²) >= 11 is 0. The molecule has 0 aliphatic rings. The van der Waals surface area contributed by atoms with Crippen LogP contribution in [0.3, 0.4) is 0 Å². The van der Waals surface area contributed by atoms with Gasteiger partial charge in [0, 0.05) is 0 Å². The van der Waals surface area contributed by atoms with Crippen molar-refractivity contribution >= 4 is 17.0 Å². The van der Waals surface area contributed by atoms with Gasteiger partial charge in [-0.25, -0.2) is 0 Å². The minimum absolute atomic E-state index is 0. The molecule has 164 valence electrons. The van der Waals surface area contributed by atoms with Gasteiger partial charge >= 0.3 is 0 Å². The van der Waals surface area contributed by atoms with E-state index in [1.165, 1.54) is 120 Å². The standard InChI is InChI=1S/C22H48N.2BrH.H3N/c1-5-7-9-11-13-15-17-19-21-23(3,4)22-20-18-16-14-12-10-8-6-2;;;/h5-22H2,1-4H3;2*1H;1H3/q+1;;;/p-1. The van der Waals surface area contributed by atoms with Crippen LogP contribution in [-0.4, -0.2) is 31.7 Å². The van der Waals surface area contributed by atoms with Crippen molar-refractivity contribution in [2.24, 2.45) is 0 Å². The molecule has 0 rings (SSSR count). The lowest BCUT2D eigenvalue weighted by Crippen LogP contribution is -3.00. The van der Waals surface area contributed by atoms with Crippen LogP contribution in [0.5, 0.6) is 0 Å². The van der Waals surface area contributed by atoms with Crippen molar-refractivity contribution < 1.29 is 21.5 Å². The molecule has 0 amide bonds. The summed E-state index contributed by atoms with van der Waals surface area (Å²) in [5.74, 6) is 0. The first-order valence-electron chi connectivity index (χ1n) is 10.9. The fourth-order valence-corrected chi connectivity index (χ4v) is 3.46.